The summed E-state index contributed by atoms with van der Waals surface area (Å²) in [6, 6.07) is 12.8. The van der Waals surface area contributed by atoms with Crippen molar-refractivity contribution < 1.29 is 14.4 Å². The number of carbonyl (C=O) groups is 1. The Labute approximate surface area is 156 Å². The monoisotopic (exact) mass is 370 g/mol. The van der Waals surface area contributed by atoms with Crippen LogP contribution in [0.15, 0.2) is 42.5 Å². The van der Waals surface area contributed by atoms with E-state index in [1.165, 1.54) is 0 Å². The second-order valence-electron chi connectivity index (χ2n) is 5.79. The van der Waals surface area contributed by atoms with Gasteiger partial charge in [0.1, 0.15) is 11.3 Å². The number of benzene rings is 2. The number of nitrogens with zero attached hydrogens (tertiary/aromatic N) is 1. The number of ether oxygens (including phenoxy) is 1. The lowest BCUT2D eigenvalue weighted by Crippen LogP contribution is -2.14. The Hall–Kier alpha value is -2.79. The van der Waals surface area contributed by atoms with Crippen LogP contribution in [0.25, 0.3) is 10.9 Å². The Kier molecular flexibility index (Phi) is 5.28. The van der Waals surface area contributed by atoms with Gasteiger partial charge in [0.15, 0.2) is 0 Å². The van der Waals surface area contributed by atoms with Gasteiger partial charge in [-0.1, -0.05) is 42.8 Å². The molecule has 1 aromatic heterocycles. The van der Waals surface area contributed by atoms with Gasteiger partial charge in [0, 0.05) is 5.39 Å². The molecule has 134 valence electrons. The van der Waals surface area contributed by atoms with Crippen LogP contribution in [0.3, 0.4) is 0 Å². The molecule has 0 amide bonds. The molecule has 3 rings (SSSR count). The van der Waals surface area contributed by atoms with Crippen molar-refractivity contribution in [1.29, 1.82) is 0 Å². The first-order valence-corrected chi connectivity index (χ1v) is 8.61. The van der Waals surface area contributed by atoms with Crippen LogP contribution in [0.5, 0.6) is 5.75 Å². The van der Waals surface area contributed by atoms with Crippen LogP contribution in [0, 0.1) is 6.92 Å². The molecule has 0 aliphatic carbocycles. The number of hydrogen-bond donors (Lipinski definition) is 1. The van der Waals surface area contributed by atoms with Gasteiger partial charge >= 0.3 is 5.97 Å². The van der Waals surface area contributed by atoms with Crippen LogP contribution in [-0.4, -0.2) is 18.1 Å². The molecule has 0 aliphatic rings. The van der Waals surface area contributed by atoms with E-state index in [1.54, 1.807) is 19.2 Å². The van der Waals surface area contributed by atoms with Crippen molar-refractivity contribution in [2.75, 3.05) is 12.6 Å². The number of hydrogen-bond acceptors (Lipinski definition) is 5. The number of halogens is 1. The van der Waals surface area contributed by atoms with E-state index < -0.39 is 5.97 Å². The largest absolute Gasteiger partial charge is 0.494 e. The predicted molar refractivity (Wildman–Crippen MR) is 103 cm³/mol. The van der Waals surface area contributed by atoms with Crippen molar-refractivity contribution in [3.63, 3.8) is 0 Å². The van der Waals surface area contributed by atoms with Crippen molar-refractivity contribution in [2.24, 2.45) is 0 Å². The summed E-state index contributed by atoms with van der Waals surface area (Å²) in [5.74, 6) is 0.153. The van der Waals surface area contributed by atoms with E-state index >= 15 is 0 Å². The molecule has 2 aromatic carbocycles. The summed E-state index contributed by atoms with van der Waals surface area (Å²) < 4.78 is 5.35. The molecule has 26 heavy (non-hydrogen) atoms. The van der Waals surface area contributed by atoms with Gasteiger partial charge in [-0.25, -0.2) is 15.3 Å². The Morgan fingerprint density at radius 3 is 2.69 bits per heavy atom. The predicted octanol–water partition coefficient (Wildman–Crippen LogP) is 4.95. The number of aromatic nitrogens is 1. The van der Waals surface area contributed by atoms with Gasteiger partial charge in [-0.15, -0.1) is 0 Å². The number of carbonyl (C=O) groups excluding carboxylic acids is 1. The van der Waals surface area contributed by atoms with Crippen LogP contribution in [0.1, 0.15) is 28.5 Å². The minimum absolute atomic E-state index is 0.408. The van der Waals surface area contributed by atoms with E-state index in [0.29, 0.717) is 34.1 Å². The number of para-hydroxylation sites is 2. The first kappa shape index (κ1) is 18.0. The summed E-state index contributed by atoms with van der Waals surface area (Å²) in [4.78, 5) is 22.5. The molecule has 0 atom stereocenters. The number of anilines is 1. The zero-order valence-corrected chi connectivity index (χ0v) is 15.6. The highest BCUT2D eigenvalue weighted by molar-refractivity contribution is 6.33. The van der Waals surface area contributed by atoms with Gasteiger partial charge in [0.25, 0.3) is 0 Å². The third-order valence-electron chi connectivity index (χ3n) is 4.13. The van der Waals surface area contributed by atoms with Gasteiger partial charge in [-0.3, -0.25) is 0 Å². The van der Waals surface area contributed by atoms with E-state index in [0.717, 1.165) is 16.5 Å². The molecule has 0 unspecified atom stereocenters. The number of fused-ring (bicyclic) bond motifs is 1. The van der Waals surface area contributed by atoms with E-state index in [4.69, 9.17) is 21.2 Å². The molecule has 0 spiro atoms. The normalized spacial score (nSPS) is 10.6. The Morgan fingerprint density at radius 1 is 1.23 bits per heavy atom. The maximum absolute atomic E-state index is 12.6. The first-order chi connectivity index (χ1) is 12.5. The van der Waals surface area contributed by atoms with Gasteiger partial charge in [0.05, 0.1) is 29.1 Å². The Bertz CT molecular complexity index is 952. The zero-order chi connectivity index (χ0) is 18.7. The minimum Gasteiger partial charge on any atom is -0.494 e. The Balaban J connectivity index is 1.92. The van der Waals surface area contributed by atoms with Gasteiger partial charge in [-0.05, 0) is 37.1 Å². The third-order valence-corrected chi connectivity index (χ3v) is 4.45. The fourth-order valence-corrected chi connectivity index (χ4v) is 2.99. The zero-order valence-electron chi connectivity index (χ0n) is 14.8. The molecule has 6 heteroatoms. The second-order valence-corrected chi connectivity index (χ2v) is 6.20. The number of pyridine rings is 1. The van der Waals surface area contributed by atoms with Crippen LogP contribution < -0.4 is 10.2 Å². The van der Waals surface area contributed by atoms with E-state index in [-0.39, 0.29) is 0 Å². The highest BCUT2D eigenvalue weighted by atomic mass is 35.5. The topological polar surface area (TPSA) is 60.5 Å². The number of rotatable bonds is 5. The lowest BCUT2D eigenvalue weighted by molar-refractivity contribution is 0.0595. The van der Waals surface area contributed by atoms with Gasteiger partial charge in [0.2, 0.25) is 0 Å². The molecule has 0 saturated heterocycles. The van der Waals surface area contributed by atoms with Crippen LogP contribution in [-0.2, 0) is 11.3 Å². The molecule has 0 saturated carbocycles. The average Bonchev–Trinajstić information content (AvgIpc) is 2.65. The van der Waals surface area contributed by atoms with Crippen molar-refractivity contribution in [1.82, 2.24) is 4.98 Å². The van der Waals surface area contributed by atoms with Gasteiger partial charge in [-0.2, -0.15) is 0 Å². The number of aryl methyl sites for hydroxylation is 2. The van der Waals surface area contributed by atoms with Crippen molar-refractivity contribution in [3.8, 4) is 5.75 Å². The fraction of sp³-hybridized carbons (Fsp3) is 0.200. The lowest BCUT2D eigenvalue weighted by atomic mass is 10.1. The summed E-state index contributed by atoms with van der Waals surface area (Å²) in [5.41, 5.74) is 5.88. The highest BCUT2D eigenvalue weighted by Crippen LogP contribution is 2.28. The van der Waals surface area contributed by atoms with Crippen LogP contribution in [0.2, 0.25) is 5.02 Å². The van der Waals surface area contributed by atoms with Gasteiger partial charge < -0.3 is 9.57 Å². The molecule has 3 aromatic rings. The summed E-state index contributed by atoms with van der Waals surface area (Å²) in [6.45, 7) is 3.81. The van der Waals surface area contributed by atoms with Crippen LogP contribution in [0.4, 0.5) is 5.69 Å². The molecule has 5 nitrogen and oxygen atoms in total. The minimum atomic E-state index is -0.515. The van der Waals surface area contributed by atoms with Crippen LogP contribution >= 0.6 is 11.6 Å². The molecule has 1 N–H and O–H groups in total. The van der Waals surface area contributed by atoms with Crippen molar-refractivity contribution in [2.45, 2.75) is 20.3 Å². The number of methoxy groups -OCH3 is 1. The summed E-state index contributed by atoms with van der Waals surface area (Å²) in [6.07, 6.45) is 0.587. The van der Waals surface area contributed by atoms with Crippen molar-refractivity contribution in [3.05, 3.63) is 64.3 Å². The molecular formula is C20H19ClN2O3. The smallest absolute Gasteiger partial charge is 0.364 e. The first-order valence-electron chi connectivity index (χ1n) is 8.24. The standard InChI is InChI=1S/C20H19ClN2O3/c1-4-16-14(11-13-8-6-10-17(25-3)19(13)22-16)20(24)26-23-18-12(2)7-5-9-15(18)21/h5-11,23H,4H2,1-3H3. The van der Waals surface area contributed by atoms with E-state index in [9.17, 15) is 4.79 Å². The molecule has 0 bridgehead atoms. The van der Waals surface area contributed by atoms with E-state index in [2.05, 4.69) is 10.5 Å². The molecule has 0 aliphatic heterocycles. The second kappa shape index (κ2) is 7.62. The molecule has 0 radical (unpaired) electrons. The average molecular weight is 371 g/mol. The SMILES string of the molecule is CCc1nc2c(OC)cccc2cc1C(=O)ONc1c(C)cccc1Cl. The maximum Gasteiger partial charge on any atom is 0.364 e. The molecular weight excluding hydrogens is 352 g/mol. The quantitative estimate of drug-likeness (QED) is 0.644. The summed E-state index contributed by atoms with van der Waals surface area (Å²) in [7, 11) is 1.60. The molecule has 1 heterocycles. The van der Waals surface area contributed by atoms with Crippen molar-refractivity contribution >= 4 is 34.2 Å². The third kappa shape index (κ3) is 3.44. The highest BCUT2D eigenvalue weighted by Gasteiger charge is 2.17. The number of nitrogens with one attached hydrogen (secondary N) is 1. The summed E-state index contributed by atoms with van der Waals surface area (Å²) >= 11 is 6.15. The fourth-order valence-electron chi connectivity index (χ4n) is 2.73. The lowest BCUT2D eigenvalue weighted by Gasteiger charge is -2.13. The summed E-state index contributed by atoms with van der Waals surface area (Å²) in [5, 5.41) is 1.29. The Morgan fingerprint density at radius 2 is 2.00 bits per heavy atom. The van der Waals surface area contributed by atoms with E-state index in [1.807, 2.05) is 44.2 Å². The maximum atomic E-state index is 12.6. The molecule has 0 fully saturated rings.